The minimum absolute atomic E-state index is 0.0594. The first-order chi connectivity index (χ1) is 13.4. The van der Waals surface area contributed by atoms with Crippen LogP contribution in [0, 0.1) is 5.92 Å². The highest BCUT2D eigenvalue weighted by Gasteiger charge is 2.33. The lowest BCUT2D eigenvalue weighted by Gasteiger charge is -2.34. The molecule has 28 heavy (non-hydrogen) atoms. The van der Waals surface area contributed by atoms with Crippen LogP contribution in [0.1, 0.15) is 12.8 Å². The zero-order chi connectivity index (χ0) is 20.1. The van der Waals surface area contributed by atoms with Crippen molar-refractivity contribution in [3.63, 3.8) is 0 Å². The monoisotopic (exact) mass is 387 g/mol. The summed E-state index contributed by atoms with van der Waals surface area (Å²) in [6.07, 6.45) is 1.24. The molecule has 0 saturated carbocycles. The zero-order valence-corrected chi connectivity index (χ0v) is 17.4. The summed E-state index contributed by atoms with van der Waals surface area (Å²) in [5, 5.41) is 2.98. The van der Waals surface area contributed by atoms with Crippen LogP contribution < -0.4 is 10.2 Å². The Hall–Kier alpha value is -2.12. The molecular weight excluding hydrogens is 354 g/mol. The number of amides is 2. The van der Waals surface area contributed by atoms with Crippen LogP contribution in [-0.4, -0.2) is 93.5 Å². The molecule has 3 rings (SSSR count). The van der Waals surface area contributed by atoms with Crippen molar-refractivity contribution in [3.05, 3.63) is 24.3 Å². The molecule has 1 unspecified atom stereocenters. The second kappa shape index (κ2) is 9.39. The first-order valence-corrected chi connectivity index (χ1v) is 10.2. The van der Waals surface area contributed by atoms with Crippen molar-refractivity contribution in [1.82, 2.24) is 14.7 Å². The molecule has 2 heterocycles. The Bertz CT molecular complexity index is 668. The van der Waals surface area contributed by atoms with Gasteiger partial charge in [0.15, 0.2) is 0 Å². The van der Waals surface area contributed by atoms with Crippen LogP contribution in [0.5, 0.6) is 0 Å². The molecule has 0 radical (unpaired) electrons. The Labute approximate surface area is 168 Å². The number of likely N-dealkylation sites (tertiary alicyclic amines) is 1. The molecule has 1 aromatic carbocycles. The molecule has 2 saturated heterocycles. The fraction of sp³-hybridized carbons (Fsp3) is 0.619. The molecule has 7 nitrogen and oxygen atoms in total. The molecule has 0 spiro atoms. The SMILES string of the molecule is CN(C)CCCN1CC(C(=O)Nc2ccc(N3CCN(C)CC3)cc2)CC1=O. The quantitative estimate of drug-likeness (QED) is 0.761. The molecule has 1 N–H and O–H groups in total. The van der Waals surface area contributed by atoms with Crippen LogP contribution in [-0.2, 0) is 9.59 Å². The molecule has 154 valence electrons. The topological polar surface area (TPSA) is 59.1 Å². The van der Waals surface area contributed by atoms with E-state index in [9.17, 15) is 9.59 Å². The summed E-state index contributed by atoms with van der Waals surface area (Å²) in [5.41, 5.74) is 1.98. The van der Waals surface area contributed by atoms with Gasteiger partial charge in [-0.2, -0.15) is 0 Å². The lowest BCUT2D eigenvalue weighted by atomic mass is 10.1. The van der Waals surface area contributed by atoms with Gasteiger partial charge in [-0.3, -0.25) is 9.59 Å². The summed E-state index contributed by atoms with van der Waals surface area (Å²) in [6, 6.07) is 8.04. The molecule has 2 aliphatic heterocycles. The Morgan fingerprint density at radius 3 is 2.46 bits per heavy atom. The average molecular weight is 388 g/mol. The first kappa shape index (κ1) is 20.6. The highest BCUT2D eigenvalue weighted by molar-refractivity contribution is 5.97. The molecule has 1 atom stereocenters. The lowest BCUT2D eigenvalue weighted by molar-refractivity contribution is -0.128. The standard InChI is InChI=1S/C21H33N5O2/c1-23(2)9-4-10-26-16-17(15-20(26)27)21(28)22-18-5-7-19(8-6-18)25-13-11-24(3)12-14-25/h5-8,17H,4,9-16H2,1-3H3,(H,22,28). The predicted octanol–water partition coefficient (Wildman–Crippen LogP) is 1.18. The number of anilines is 2. The number of nitrogens with one attached hydrogen (secondary N) is 1. The molecule has 0 bridgehead atoms. The number of carbonyl (C=O) groups is 2. The second-order valence-electron chi connectivity index (χ2n) is 8.22. The van der Waals surface area contributed by atoms with Gasteiger partial charge in [0, 0.05) is 57.1 Å². The fourth-order valence-electron chi connectivity index (χ4n) is 3.81. The number of piperazine rings is 1. The Kier molecular flexibility index (Phi) is 6.91. The summed E-state index contributed by atoms with van der Waals surface area (Å²) >= 11 is 0. The van der Waals surface area contributed by atoms with E-state index in [1.54, 1.807) is 0 Å². The van der Waals surface area contributed by atoms with E-state index in [0.29, 0.717) is 13.0 Å². The van der Waals surface area contributed by atoms with Crippen molar-refractivity contribution >= 4 is 23.2 Å². The van der Waals surface area contributed by atoms with Crippen LogP contribution in [0.3, 0.4) is 0 Å². The minimum atomic E-state index is -0.260. The third-order valence-corrected chi connectivity index (χ3v) is 5.62. The summed E-state index contributed by atoms with van der Waals surface area (Å²) in [5.74, 6) is -0.232. The number of nitrogens with zero attached hydrogens (tertiary/aromatic N) is 4. The van der Waals surface area contributed by atoms with E-state index in [1.165, 1.54) is 5.69 Å². The van der Waals surface area contributed by atoms with Crippen molar-refractivity contribution in [3.8, 4) is 0 Å². The molecule has 7 heteroatoms. The van der Waals surface area contributed by atoms with Gasteiger partial charge in [-0.1, -0.05) is 0 Å². The van der Waals surface area contributed by atoms with Gasteiger partial charge in [-0.25, -0.2) is 0 Å². The third-order valence-electron chi connectivity index (χ3n) is 5.62. The van der Waals surface area contributed by atoms with Gasteiger partial charge in [-0.05, 0) is 58.4 Å². The Balaban J connectivity index is 1.48. The zero-order valence-electron chi connectivity index (χ0n) is 17.4. The van der Waals surface area contributed by atoms with Gasteiger partial charge in [0.2, 0.25) is 11.8 Å². The van der Waals surface area contributed by atoms with E-state index < -0.39 is 0 Å². The van der Waals surface area contributed by atoms with Gasteiger partial charge >= 0.3 is 0 Å². The maximum absolute atomic E-state index is 12.6. The summed E-state index contributed by atoms with van der Waals surface area (Å²) < 4.78 is 0. The van der Waals surface area contributed by atoms with Crippen LogP contribution >= 0.6 is 0 Å². The minimum Gasteiger partial charge on any atom is -0.369 e. The van der Waals surface area contributed by atoms with E-state index >= 15 is 0 Å². The smallest absolute Gasteiger partial charge is 0.229 e. The molecule has 1 aromatic rings. The largest absolute Gasteiger partial charge is 0.369 e. The third kappa shape index (κ3) is 5.45. The molecular formula is C21H33N5O2. The van der Waals surface area contributed by atoms with E-state index in [1.807, 2.05) is 31.1 Å². The van der Waals surface area contributed by atoms with Gasteiger partial charge in [0.25, 0.3) is 0 Å². The highest BCUT2D eigenvalue weighted by atomic mass is 16.2. The first-order valence-electron chi connectivity index (χ1n) is 10.2. The number of hydrogen-bond acceptors (Lipinski definition) is 5. The number of benzene rings is 1. The van der Waals surface area contributed by atoms with E-state index in [4.69, 9.17) is 0 Å². The van der Waals surface area contributed by atoms with E-state index in [2.05, 4.69) is 39.2 Å². The molecule has 2 amide bonds. The molecule has 2 aliphatic rings. The van der Waals surface area contributed by atoms with Crippen molar-refractivity contribution in [2.75, 3.05) is 77.2 Å². The maximum atomic E-state index is 12.6. The molecule has 0 aliphatic carbocycles. The molecule has 2 fully saturated rings. The predicted molar refractivity (Wildman–Crippen MR) is 113 cm³/mol. The van der Waals surface area contributed by atoms with Gasteiger partial charge in [0.1, 0.15) is 0 Å². The number of likely N-dealkylation sites (N-methyl/N-ethyl adjacent to an activating group) is 1. The van der Waals surface area contributed by atoms with Gasteiger partial charge < -0.3 is 24.9 Å². The molecule has 0 aromatic heterocycles. The van der Waals surface area contributed by atoms with E-state index in [-0.39, 0.29) is 17.7 Å². The van der Waals surface area contributed by atoms with Crippen molar-refractivity contribution in [2.24, 2.45) is 5.92 Å². The second-order valence-corrected chi connectivity index (χ2v) is 8.22. The average Bonchev–Trinajstić information content (AvgIpc) is 3.04. The van der Waals surface area contributed by atoms with Gasteiger partial charge in [-0.15, -0.1) is 0 Å². The van der Waals surface area contributed by atoms with Crippen molar-refractivity contribution < 1.29 is 9.59 Å². The summed E-state index contributed by atoms with van der Waals surface area (Å²) in [4.78, 5) is 33.4. The number of hydrogen-bond donors (Lipinski definition) is 1. The maximum Gasteiger partial charge on any atom is 0.229 e. The highest BCUT2D eigenvalue weighted by Crippen LogP contribution is 2.22. The van der Waals surface area contributed by atoms with Crippen molar-refractivity contribution in [1.29, 1.82) is 0 Å². The van der Waals surface area contributed by atoms with Crippen molar-refractivity contribution in [2.45, 2.75) is 12.8 Å². The number of rotatable bonds is 7. The lowest BCUT2D eigenvalue weighted by Crippen LogP contribution is -2.44. The fourth-order valence-corrected chi connectivity index (χ4v) is 3.81. The van der Waals surface area contributed by atoms with E-state index in [0.717, 1.165) is 51.4 Å². The summed E-state index contributed by atoms with van der Waals surface area (Å²) in [6.45, 7) is 6.38. The number of carbonyl (C=O) groups excluding carboxylic acids is 2. The Morgan fingerprint density at radius 1 is 1.14 bits per heavy atom. The normalized spacial score (nSPS) is 20.9. The summed E-state index contributed by atoms with van der Waals surface area (Å²) in [7, 11) is 6.20. The van der Waals surface area contributed by atoms with Crippen LogP contribution in [0.4, 0.5) is 11.4 Å². The Morgan fingerprint density at radius 2 is 1.82 bits per heavy atom. The van der Waals surface area contributed by atoms with Crippen LogP contribution in [0.25, 0.3) is 0 Å². The van der Waals surface area contributed by atoms with Gasteiger partial charge in [0.05, 0.1) is 5.92 Å². The van der Waals surface area contributed by atoms with Crippen LogP contribution in [0.2, 0.25) is 0 Å². The van der Waals surface area contributed by atoms with Crippen LogP contribution in [0.15, 0.2) is 24.3 Å².